The molecular weight excluding hydrogens is 276 g/mol. The van der Waals surface area contributed by atoms with Crippen molar-refractivity contribution >= 4 is 27.5 Å². The van der Waals surface area contributed by atoms with E-state index in [9.17, 15) is 0 Å². The number of hydrazine groups is 1. The van der Waals surface area contributed by atoms with Gasteiger partial charge in [-0.05, 0) is 17.9 Å². The molecule has 3 N–H and O–H groups in total. The summed E-state index contributed by atoms with van der Waals surface area (Å²) in [6, 6.07) is 1.92. The Hall–Kier alpha value is -2.19. The lowest BCUT2D eigenvalue weighted by Gasteiger charge is -2.05. The van der Waals surface area contributed by atoms with Crippen molar-refractivity contribution in [1.29, 1.82) is 0 Å². The van der Waals surface area contributed by atoms with Crippen molar-refractivity contribution in [2.75, 3.05) is 12.0 Å². The second-order valence-corrected chi connectivity index (χ2v) is 5.04. The van der Waals surface area contributed by atoms with Crippen LogP contribution in [0.25, 0.3) is 16.0 Å². The molecule has 0 bridgehead atoms. The van der Waals surface area contributed by atoms with E-state index in [0.717, 1.165) is 22.4 Å². The van der Waals surface area contributed by atoms with Crippen molar-refractivity contribution in [2.24, 2.45) is 5.84 Å². The number of hydrogen-bond donors (Lipinski definition) is 2. The van der Waals surface area contributed by atoms with Crippen LogP contribution in [0.4, 0.5) is 5.95 Å². The lowest BCUT2D eigenvalue weighted by molar-refractivity contribution is 0.317. The molecule has 8 heteroatoms. The van der Waals surface area contributed by atoms with Crippen LogP contribution < -0.4 is 16.0 Å². The number of aromatic nitrogens is 4. The molecule has 3 heterocycles. The number of rotatable bonds is 5. The number of ether oxygens (including phenoxy) is 1. The highest BCUT2D eigenvalue weighted by Gasteiger charge is 2.12. The van der Waals surface area contributed by atoms with Crippen molar-refractivity contribution in [3.63, 3.8) is 0 Å². The predicted octanol–water partition coefficient (Wildman–Crippen LogP) is 1.95. The predicted molar refractivity (Wildman–Crippen MR) is 78.1 cm³/mol. The first kappa shape index (κ1) is 12.8. The van der Waals surface area contributed by atoms with Crippen LogP contribution in [0.1, 0.15) is 13.3 Å². The van der Waals surface area contributed by atoms with E-state index in [4.69, 9.17) is 10.6 Å². The van der Waals surface area contributed by atoms with E-state index >= 15 is 0 Å². The summed E-state index contributed by atoms with van der Waals surface area (Å²) in [5.74, 6) is 7.16. The van der Waals surface area contributed by atoms with Gasteiger partial charge in [-0.3, -0.25) is 5.43 Å². The second kappa shape index (κ2) is 5.43. The van der Waals surface area contributed by atoms with Crippen molar-refractivity contribution in [2.45, 2.75) is 13.3 Å². The number of nitrogen functional groups attached to an aromatic ring is 1. The van der Waals surface area contributed by atoms with E-state index in [0.29, 0.717) is 18.4 Å². The third-order valence-electron chi connectivity index (χ3n) is 2.66. The first-order valence-electron chi connectivity index (χ1n) is 6.21. The molecule has 0 saturated carbocycles. The maximum absolute atomic E-state index is 5.54. The molecule has 0 radical (unpaired) electrons. The van der Waals surface area contributed by atoms with Gasteiger partial charge in [-0.15, -0.1) is 11.3 Å². The normalized spacial score (nSPS) is 10.9. The van der Waals surface area contributed by atoms with Gasteiger partial charge in [0.15, 0.2) is 11.6 Å². The molecule has 0 unspecified atom stereocenters. The molecule has 0 aromatic carbocycles. The van der Waals surface area contributed by atoms with Crippen LogP contribution in [0.15, 0.2) is 23.8 Å². The number of hydrogen-bond acceptors (Lipinski definition) is 7. The van der Waals surface area contributed by atoms with Gasteiger partial charge in [0.25, 0.3) is 0 Å². The zero-order valence-corrected chi connectivity index (χ0v) is 11.7. The van der Waals surface area contributed by atoms with Crippen molar-refractivity contribution in [1.82, 2.24) is 19.7 Å². The Labute approximate surface area is 119 Å². The van der Waals surface area contributed by atoms with E-state index in [2.05, 4.69) is 27.4 Å². The van der Waals surface area contributed by atoms with Crippen LogP contribution in [0, 0.1) is 0 Å². The Morgan fingerprint density at radius 2 is 2.35 bits per heavy atom. The fraction of sp³-hybridized carbons (Fsp3) is 0.250. The minimum atomic E-state index is 0.359. The number of fused-ring (bicyclic) bond motifs is 1. The first-order chi connectivity index (χ1) is 9.81. The summed E-state index contributed by atoms with van der Waals surface area (Å²) in [5, 5.41) is 6.24. The third-order valence-corrected chi connectivity index (χ3v) is 3.56. The second-order valence-electron chi connectivity index (χ2n) is 4.12. The Kier molecular flexibility index (Phi) is 3.48. The number of thiophene rings is 1. The molecule has 0 aliphatic heterocycles. The molecule has 0 saturated heterocycles. The van der Waals surface area contributed by atoms with Crippen LogP contribution in [0.3, 0.4) is 0 Å². The molecule has 3 rings (SSSR count). The number of anilines is 1. The van der Waals surface area contributed by atoms with Gasteiger partial charge in [-0.1, -0.05) is 6.92 Å². The Morgan fingerprint density at radius 1 is 1.45 bits per heavy atom. The molecule has 0 spiro atoms. The van der Waals surface area contributed by atoms with E-state index in [1.54, 1.807) is 28.4 Å². The summed E-state index contributed by atoms with van der Waals surface area (Å²) in [6.45, 7) is 2.72. The standard InChI is InChI=1S/C12H14N6OS/c1-2-4-19-8-6-14-18(7-8)11-10-9(3-5-20-10)15-12(16-11)17-13/h3,5-7H,2,4,13H2,1H3,(H,15,16,17). The zero-order valence-electron chi connectivity index (χ0n) is 10.9. The summed E-state index contributed by atoms with van der Waals surface area (Å²) in [6.07, 6.45) is 4.43. The molecule has 0 fully saturated rings. The quantitative estimate of drug-likeness (QED) is 0.551. The molecule has 20 heavy (non-hydrogen) atoms. The van der Waals surface area contributed by atoms with Gasteiger partial charge in [-0.25, -0.2) is 15.5 Å². The zero-order chi connectivity index (χ0) is 13.9. The smallest absolute Gasteiger partial charge is 0.239 e. The third kappa shape index (κ3) is 2.30. The summed E-state index contributed by atoms with van der Waals surface area (Å²) < 4.78 is 8.17. The molecule has 0 atom stereocenters. The number of nitrogens with two attached hydrogens (primary N) is 1. The molecule has 0 amide bonds. The highest BCUT2D eigenvalue weighted by molar-refractivity contribution is 7.17. The van der Waals surface area contributed by atoms with E-state index in [1.165, 1.54) is 0 Å². The van der Waals surface area contributed by atoms with Crippen LogP contribution in [-0.4, -0.2) is 26.4 Å². The van der Waals surface area contributed by atoms with Crippen molar-refractivity contribution in [3.8, 4) is 11.6 Å². The summed E-state index contributed by atoms with van der Waals surface area (Å²) in [4.78, 5) is 8.65. The number of nitrogens with one attached hydrogen (secondary N) is 1. The Balaban J connectivity index is 2.04. The fourth-order valence-electron chi connectivity index (χ4n) is 1.78. The largest absolute Gasteiger partial charge is 0.490 e. The van der Waals surface area contributed by atoms with Crippen LogP contribution in [0.2, 0.25) is 0 Å². The van der Waals surface area contributed by atoms with Crippen LogP contribution in [-0.2, 0) is 0 Å². The van der Waals surface area contributed by atoms with E-state index < -0.39 is 0 Å². The molecule has 3 aromatic heterocycles. The number of nitrogens with zero attached hydrogens (tertiary/aromatic N) is 4. The molecule has 0 aliphatic carbocycles. The summed E-state index contributed by atoms with van der Waals surface area (Å²) in [5.41, 5.74) is 3.30. The van der Waals surface area contributed by atoms with Crippen LogP contribution >= 0.6 is 11.3 Å². The lowest BCUT2D eigenvalue weighted by Crippen LogP contribution is -2.12. The minimum Gasteiger partial charge on any atom is -0.490 e. The SMILES string of the molecule is CCCOc1cnn(-c2nc(NN)nc3ccsc23)c1. The van der Waals surface area contributed by atoms with Gasteiger partial charge in [0.2, 0.25) is 5.95 Å². The average Bonchev–Trinajstić information content (AvgIpc) is 3.12. The minimum absolute atomic E-state index is 0.359. The maximum Gasteiger partial charge on any atom is 0.239 e. The van der Waals surface area contributed by atoms with Gasteiger partial charge in [-0.2, -0.15) is 10.1 Å². The van der Waals surface area contributed by atoms with Gasteiger partial charge >= 0.3 is 0 Å². The van der Waals surface area contributed by atoms with E-state index in [1.807, 2.05) is 11.4 Å². The topological polar surface area (TPSA) is 90.9 Å². The molecule has 104 valence electrons. The van der Waals surface area contributed by atoms with Gasteiger partial charge < -0.3 is 4.74 Å². The van der Waals surface area contributed by atoms with E-state index in [-0.39, 0.29) is 0 Å². The van der Waals surface area contributed by atoms with Gasteiger partial charge in [0.05, 0.1) is 29.2 Å². The average molecular weight is 290 g/mol. The Morgan fingerprint density at radius 3 is 3.15 bits per heavy atom. The first-order valence-corrected chi connectivity index (χ1v) is 7.09. The highest BCUT2D eigenvalue weighted by Crippen LogP contribution is 2.26. The molecular formula is C12H14N6OS. The van der Waals surface area contributed by atoms with Gasteiger partial charge in [0, 0.05) is 0 Å². The Bertz CT molecular complexity index is 722. The fourth-order valence-corrected chi connectivity index (χ4v) is 2.60. The van der Waals surface area contributed by atoms with Crippen molar-refractivity contribution < 1.29 is 4.74 Å². The van der Waals surface area contributed by atoms with Gasteiger partial charge in [0.1, 0.15) is 0 Å². The van der Waals surface area contributed by atoms with Crippen molar-refractivity contribution in [3.05, 3.63) is 23.8 Å². The maximum atomic E-state index is 5.54. The summed E-state index contributed by atoms with van der Waals surface area (Å²) >= 11 is 1.56. The monoisotopic (exact) mass is 290 g/mol. The molecule has 0 aliphatic rings. The molecule has 7 nitrogen and oxygen atoms in total. The van der Waals surface area contributed by atoms with Crippen LogP contribution in [0.5, 0.6) is 5.75 Å². The molecule has 3 aromatic rings. The summed E-state index contributed by atoms with van der Waals surface area (Å²) in [7, 11) is 0. The lowest BCUT2D eigenvalue weighted by atomic mass is 10.4. The highest BCUT2D eigenvalue weighted by atomic mass is 32.1.